The summed E-state index contributed by atoms with van der Waals surface area (Å²) in [5, 5.41) is 7.70. The number of fused-ring (bicyclic) bond motifs is 1. The number of hydrogen-bond donors (Lipinski definition) is 1. The summed E-state index contributed by atoms with van der Waals surface area (Å²) in [5.74, 6) is 0. The first-order valence-corrected chi connectivity index (χ1v) is 4.78. The maximum absolute atomic E-state index is 4.40. The van der Waals surface area contributed by atoms with Crippen LogP contribution in [0.5, 0.6) is 0 Å². The predicted octanol–water partition coefficient (Wildman–Crippen LogP) is 0.670. The van der Waals surface area contributed by atoms with Gasteiger partial charge < -0.3 is 5.32 Å². The molecule has 0 fully saturated rings. The Morgan fingerprint density at radius 2 is 2.45 bits per heavy atom. The van der Waals surface area contributed by atoms with Crippen molar-refractivity contribution in [3.05, 3.63) is 15.0 Å². The number of rotatable bonds is 0. The van der Waals surface area contributed by atoms with Crippen LogP contribution in [0.4, 0.5) is 0 Å². The van der Waals surface area contributed by atoms with E-state index in [4.69, 9.17) is 0 Å². The van der Waals surface area contributed by atoms with Crippen LogP contribution in [0.25, 0.3) is 0 Å². The molecular weight excluding hydrogens is 253 g/mol. The number of hydrogen-bond acceptors (Lipinski definition) is 2. The molecule has 1 aromatic rings. The second-order valence-corrected chi connectivity index (χ2v) is 3.79. The SMILES string of the molecule is Cn1nc2c(c1I)CCNC2. The maximum Gasteiger partial charge on any atom is 0.102 e. The van der Waals surface area contributed by atoms with Crippen LogP contribution in [0.1, 0.15) is 11.3 Å². The molecule has 0 amide bonds. The Morgan fingerprint density at radius 3 is 3.18 bits per heavy atom. The van der Waals surface area contributed by atoms with Crippen molar-refractivity contribution >= 4 is 22.6 Å². The zero-order valence-electron chi connectivity index (χ0n) is 6.39. The van der Waals surface area contributed by atoms with Crippen molar-refractivity contribution < 1.29 is 0 Å². The van der Waals surface area contributed by atoms with E-state index in [1.807, 2.05) is 11.7 Å². The van der Waals surface area contributed by atoms with E-state index < -0.39 is 0 Å². The second-order valence-electron chi connectivity index (χ2n) is 2.77. The molecule has 2 heterocycles. The minimum Gasteiger partial charge on any atom is -0.311 e. The minimum atomic E-state index is 0.937. The monoisotopic (exact) mass is 263 g/mol. The highest BCUT2D eigenvalue weighted by atomic mass is 127. The first-order chi connectivity index (χ1) is 5.29. The highest BCUT2D eigenvalue weighted by Gasteiger charge is 2.16. The Hall–Kier alpha value is -0.100. The first-order valence-electron chi connectivity index (χ1n) is 3.70. The second kappa shape index (κ2) is 2.75. The molecule has 60 valence electrons. The summed E-state index contributed by atoms with van der Waals surface area (Å²) in [6.45, 7) is 2.03. The smallest absolute Gasteiger partial charge is 0.102 e. The summed E-state index contributed by atoms with van der Waals surface area (Å²) in [4.78, 5) is 0. The van der Waals surface area contributed by atoms with Gasteiger partial charge >= 0.3 is 0 Å². The predicted molar refractivity (Wildman–Crippen MR) is 51.3 cm³/mol. The lowest BCUT2D eigenvalue weighted by Crippen LogP contribution is -2.23. The lowest BCUT2D eigenvalue weighted by atomic mass is 10.1. The van der Waals surface area contributed by atoms with Gasteiger partial charge in [-0.1, -0.05) is 0 Å². The van der Waals surface area contributed by atoms with Gasteiger partial charge in [-0.2, -0.15) is 5.10 Å². The van der Waals surface area contributed by atoms with Crippen molar-refractivity contribution in [3.8, 4) is 0 Å². The molecule has 11 heavy (non-hydrogen) atoms. The summed E-state index contributed by atoms with van der Waals surface area (Å²) in [5.41, 5.74) is 2.66. The van der Waals surface area contributed by atoms with Gasteiger partial charge in [-0.05, 0) is 35.6 Å². The van der Waals surface area contributed by atoms with Crippen LogP contribution < -0.4 is 5.32 Å². The molecule has 0 radical (unpaired) electrons. The van der Waals surface area contributed by atoms with Crippen LogP contribution >= 0.6 is 22.6 Å². The Labute approximate surface area is 79.3 Å². The number of nitrogens with one attached hydrogen (secondary N) is 1. The summed E-state index contributed by atoms with van der Waals surface area (Å²) in [6, 6.07) is 0. The largest absolute Gasteiger partial charge is 0.311 e. The fraction of sp³-hybridized carbons (Fsp3) is 0.571. The number of aryl methyl sites for hydroxylation is 1. The van der Waals surface area contributed by atoms with E-state index in [0.29, 0.717) is 0 Å². The van der Waals surface area contributed by atoms with Gasteiger partial charge in [-0.15, -0.1) is 0 Å². The molecule has 1 N–H and O–H groups in total. The van der Waals surface area contributed by atoms with E-state index in [2.05, 4.69) is 33.0 Å². The Morgan fingerprint density at radius 1 is 1.64 bits per heavy atom. The van der Waals surface area contributed by atoms with E-state index in [-0.39, 0.29) is 0 Å². The third-order valence-corrected chi connectivity index (χ3v) is 3.35. The Bertz CT molecular complexity index is 279. The van der Waals surface area contributed by atoms with Crippen LogP contribution in [-0.4, -0.2) is 16.3 Å². The molecule has 0 aromatic carbocycles. The van der Waals surface area contributed by atoms with E-state index in [1.54, 1.807) is 0 Å². The molecule has 0 bridgehead atoms. The molecule has 0 spiro atoms. The Kier molecular flexibility index (Phi) is 1.88. The lowest BCUT2D eigenvalue weighted by Gasteiger charge is -2.10. The van der Waals surface area contributed by atoms with Gasteiger partial charge in [0.15, 0.2) is 0 Å². The highest BCUT2D eigenvalue weighted by molar-refractivity contribution is 14.1. The van der Waals surface area contributed by atoms with Gasteiger partial charge in [0.2, 0.25) is 0 Å². The van der Waals surface area contributed by atoms with Crippen molar-refractivity contribution in [2.75, 3.05) is 6.54 Å². The zero-order chi connectivity index (χ0) is 7.84. The average molecular weight is 263 g/mol. The van der Waals surface area contributed by atoms with Gasteiger partial charge in [-0.3, -0.25) is 4.68 Å². The third-order valence-electron chi connectivity index (χ3n) is 2.00. The fourth-order valence-corrected chi connectivity index (χ4v) is 2.10. The molecule has 2 rings (SSSR count). The lowest BCUT2D eigenvalue weighted by molar-refractivity contribution is 0.625. The number of aromatic nitrogens is 2. The van der Waals surface area contributed by atoms with Gasteiger partial charge in [0.25, 0.3) is 0 Å². The minimum absolute atomic E-state index is 0.937. The standard InChI is InChI=1S/C7H10IN3/c1-11-7(8)5-2-3-9-4-6(5)10-11/h9H,2-4H2,1H3. The molecule has 1 aliphatic heterocycles. The molecule has 0 saturated heterocycles. The topological polar surface area (TPSA) is 29.9 Å². The summed E-state index contributed by atoms with van der Waals surface area (Å²) >= 11 is 2.36. The molecule has 1 aromatic heterocycles. The summed E-state index contributed by atoms with van der Waals surface area (Å²) in [7, 11) is 2.00. The molecule has 0 saturated carbocycles. The van der Waals surface area contributed by atoms with Crippen molar-refractivity contribution in [2.45, 2.75) is 13.0 Å². The molecular formula is C7H10IN3. The van der Waals surface area contributed by atoms with Crippen molar-refractivity contribution in [1.29, 1.82) is 0 Å². The maximum atomic E-state index is 4.40. The van der Waals surface area contributed by atoms with Crippen LogP contribution in [-0.2, 0) is 20.0 Å². The normalized spacial score (nSPS) is 16.5. The molecule has 4 heteroatoms. The van der Waals surface area contributed by atoms with E-state index in [0.717, 1.165) is 19.5 Å². The van der Waals surface area contributed by atoms with Gasteiger partial charge in [0, 0.05) is 19.2 Å². The van der Waals surface area contributed by atoms with E-state index in [1.165, 1.54) is 15.0 Å². The van der Waals surface area contributed by atoms with Crippen molar-refractivity contribution in [2.24, 2.45) is 7.05 Å². The molecule has 0 unspecified atom stereocenters. The van der Waals surface area contributed by atoms with Gasteiger partial charge in [-0.25, -0.2) is 0 Å². The van der Waals surface area contributed by atoms with E-state index in [9.17, 15) is 0 Å². The fourth-order valence-electron chi connectivity index (χ4n) is 1.41. The van der Waals surface area contributed by atoms with Crippen LogP contribution in [0.2, 0.25) is 0 Å². The van der Waals surface area contributed by atoms with Crippen molar-refractivity contribution in [3.63, 3.8) is 0 Å². The zero-order valence-corrected chi connectivity index (χ0v) is 8.55. The molecule has 0 atom stereocenters. The Balaban J connectivity index is 2.50. The van der Waals surface area contributed by atoms with Crippen LogP contribution in [0.3, 0.4) is 0 Å². The highest BCUT2D eigenvalue weighted by Crippen LogP contribution is 2.18. The molecule has 0 aliphatic carbocycles. The van der Waals surface area contributed by atoms with Crippen LogP contribution in [0.15, 0.2) is 0 Å². The van der Waals surface area contributed by atoms with E-state index >= 15 is 0 Å². The number of nitrogens with zero attached hydrogens (tertiary/aromatic N) is 2. The van der Waals surface area contributed by atoms with Crippen molar-refractivity contribution in [1.82, 2.24) is 15.1 Å². The molecule has 1 aliphatic rings. The average Bonchev–Trinajstić information content (AvgIpc) is 2.30. The summed E-state index contributed by atoms with van der Waals surface area (Å²) in [6.07, 6.45) is 1.13. The third kappa shape index (κ3) is 1.18. The quantitative estimate of drug-likeness (QED) is 0.697. The van der Waals surface area contributed by atoms with Gasteiger partial charge in [0.05, 0.1) is 5.69 Å². The molecule has 3 nitrogen and oxygen atoms in total. The number of halogens is 1. The van der Waals surface area contributed by atoms with Crippen LogP contribution in [0, 0.1) is 3.70 Å². The first kappa shape index (κ1) is 7.54. The summed E-state index contributed by atoms with van der Waals surface area (Å²) < 4.78 is 3.25. The van der Waals surface area contributed by atoms with Gasteiger partial charge in [0.1, 0.15) is 3.70 Å².